The molecule has 4 rings (SSSR count). The molecule has 11 heteroatoms. The fourth-order valence-electron chi connectivity index (χ4n) is 4.80. The largest absolute Gasteiger partial charge is 0.447 e. The molecule has 11 nitrogen and oxygen atoms in total. The highest BCUT2D eigenvalue weighted by Crippen LogP contribution is 2.27. The fourth-order valence-corrected chi connectivity index (χ4v) is 4.80. The molecule has 4 heterocycles. The van der Waals surface area contributed by atoms with E-state index in [1.54, 1.807) is 11.9 Å². The molecule has 2 fully saturated rings. The highest BCUT2D eigenvalue weighted by molar-refractivity contribution is 5.79. The van der Waals surface area contributed by atoms with E-state index in [4.69, 9.17) is 4.74 Å². The molecule has 0 radical (unpaired) electrons. The van der Waals surface area contributed by atoms with Gasteiger partial charge in [-0.25, -0.2) is 14.6 Å². The van der Waals surface area contributed by atoms with Gasteiger partial charge in [0.15, 0.2) is 11.2 Å². The smallest absolute Gasteiger partial charge is 0.410 e. The van der Waals surface area contributed by atoms with E-state index in [-0.39, 0.29) is 41.8 Å². The molecule has 32 heavy (non-hydrogen) atoms. The lowest BCUT2D eigenvalue weighted by atomic mass is 9.98. The topological polar surface area (TPSA) is 112 Å². The van der Waals surface area contributed by atoms with E-state index in [0.717, 1.165) is 11.0 Å². The molecule has 0 spiro atoms. The lowest BCUT2D eigenvalue weighted by Crippen LogP contribution is -2.50. The average molecular weight is 447 g/mol. The summed E-state index contributed by atoms with van der Waals surface area (Å²) < 4.78 is 9.11. The highest BCUT2D eigenvalue weighted by atomic mass is 16.6. The first-order chi connectivity index (χ1) is 15.2. The molecule has 0 saturated carbocycles. The van der Waals surface area contributed by atoms with Crippen molar-refractivity contribution in [3.63, 3.8) is 0 Å². The molecule has 2 aliphatic rings. The highest BCUT2D eigenvalue weighted by Gasteiger charge is 2.40. The van der Waals surface area contributed by atoms with Crippen molar-refractivity contribution in [1.29, 1.82) is 0 Å². The predicted octanol–water partition coefficient (Wildman–Crippen LogP) is 0.292. The van der Waals surface area contributed by atoms with Gasteiger partial charge in [-0.2, -0.15) is 0 Å². The monoisotopic (exact) mass is 446 g/mol. The van der Waals surface area contributed by atoms with Crippen LogP contribution in [0.5, 0.6) is 0 Å². The predicted molar refractivity (Wildman–Crippen MR) is 116 cm³/mol. The first-order valence-corrected chi connectivity index (χ1v) is 11.0. The van der Waals surface area contributed by atoms with Crippen LogP contribution in [0.4, 0.5) is 4.79 Å². The van der Waals surface area contributed by atoms with Gasteiger partial charge in [-0.3, -0.25) is 23.6 Å². The van der Waals surface area contributed by atoms with Gasteiger partial charge < -0.3 is 14.2 Å². The second-order valence-electron chi connectivity index (χ2n) is 9.13. The van der Waals surface area contributed by atoms with E-state index in [1.165, 1.54) is 22.5 Å². The molecular weight excluding hydrogens is 416 g/mol. The number of ether oxygens (including phenoxy) is 1. The number of aromatic nitrogens is 4. The van der Waals surface area contributed by atoms with Crippen LogP contribution in [0, 0.1) is 5.92 Å². The zero-order valence-corrected chi connectivity index (χ0v) is 19.0. The van der Waals surface area contributed by atoms with E-state index in [2.05, 4.69) is 18.8 Å². The number of nitrogens with zero attached hydrogens (tertiary/aromatic N) is 6. The number of carbonyl (C=O) groups excluding carboxylic acids is 2. The Morgan fingerprint density at radius 3 is 2.50 bits per heavy atom. The van der Waals surface area contributed by atoms with Crippen LogP contribution in [-0.4, -0.2) is 72.3 Å². The minimum absolute atomic E-state index is 0.0314. The lowest BCUT2D eigenvalue weighted by molar-refractivity contribution is -0.133. The quantitative estimate of drug-likeness (QED) is 0.653. The summed E-state index contributed by atoms with van der Waals surface area (Å²) in [7, 11) is 2.95. The molecule has 0 aliphatic carbocycles. The number of fused-ring (bicyclic) bond motifs is 1. The van der Waals surface area contributed by atoms with E-state index < -0.39 is 11.2 Å². The van der Waals surface area contributed by atoms with Crippen LogP contribution in [0.1, 0.15) is 33.1 Å². The van der Waals surface area contributed by atoms with Gasteiger partial charge in [0.1, 0.15) is 13.2 Å². The third-order valence-corrected chi connectivity index (χ3v) is 6.48. The van der Waals surface area contributed by atoms with Crippen LogP contribution >= 0.6 is 0 Å². The van der Waals surface area contributed by atoms with Gasteiger partial charge in [-0.1, -0.05) is 13.8 Å². The maximum Gasteiger partial charge on any atom is 0.410 e. The van der Waals surface area contributed by atoms with Crippen molar-refractivity contribution in [3.8, 4) is 0 Å². The normalized spacial score (nSPS) is 19.9. The van der Waals surface area contributed by atoms with Crippen LogP contribution in [-0.2, 0) is 30.2 Å². The number of rotatable bonds is 5. The standard InChI is InChI=1S/C21H30N6O5/c1-13(2)9-15-11-32-21(31)27(15)14-5-7-25(8-6-14)16(28)10-26-12-22-18-17(26)19(29)24(4)20(30)23(18)3/h12-15H,5-11H2,1-4H3/t15-/m1/s1. The van der Waals surface area contributed by atoms with Crippen LogP contribution in [0.15, 0.2) is 15.9 Å². The van der Waals surface area contributed by atoms with Crippen molar-refractivity contribution >= 4 is 23.2 Å². The first-order valence-electron chi connectivity index (χ1n) is 11.0. The van der Waals surface area contributed by atoms with Crippen LogP contribution < -0.4 is 11.2 Å². The fraction of sp³-hybridized carbons (Fsp3) is 0.667. The number of cyclic esters (lactones) is 1. The minimum atomic E-state index is -0.476. The maximum absolute atomic E-state index is 13.0. The molecule has 2 saturated heterocycles. The van der Waals surface area contributed by atoms with Crippen molar-refractivity contribution in [2.45, 2.75) is 51.7 Å². The number of aryl methyl sites for hydroxylation is 1. The summed E-state index contributed by atoms with van der Waals surface area (Å²) in [6.07, 6.45) is 3.45. The Labute approximate surface area is 185 Å². The van der Waals surface area contributed by atoms with Crippen molar-refractivity contribution in [3.05, 3.63) is 27.2 Å². The molecular formula is C21H30N6O5. The number of piperidine rings is 1. The van der Waals surface area contributed by atoms with Crippen LogP contribution in [0.3, 0.4) is 0 Å². The number of likely N-dealkylation sites (tertiary alicyclic amines) is 1. The van der Waals surface area contributed by atoms with Gasteiger partial charge in [0.05, 0.1) is 12.4 Å². The van der Waals surface area contributed by atoms with Crippen LogP contribution in [0.25, 0.3) is 11.2 Å². The molecule has 2 aromatic rings. The minimum Gasteiger partial charge on any atom is -0.447 e. The van der Waals surface area contributed by atoms with Gasteiger partial charge in [0, 0.05) is 33.2 Å². The van der Waals surface area contributed by atoms with E-state index in [9.17, 15) is 19.2 Å². The molecule has 0 aromatic carbocycles. The lowest BCUT2D eigenvalue weighted by Gasteiger charge is -2.38. The van der Waals surface area contributed by atoms with Crippen molar-refractivity contribution < 1.29 is 14.3 Å². The van der Waals surface area contributed by atoms with Gasteiger partial charge >= 0.3 is 11.8 Å². The number of carbonyl (C=O) groups is 2. The summed E-state index contributed by atoms with van der Waals surface area (Å²) in [4.78, 5) is 57.7. The number of amides is 2. The summed E-state index contributed by atoms with van der Waals surface area (Å²) in [5.41, 5.74) is -0.448. The van der Waals surface area contributed by atoms with Gasteiger partial charge in [0.25, 0.3) is 5.56 Å². The molecule has 0 unspecified atom stereocenters. The molecule has 174 valence electrons. The third-order valence-electron chi connectivity index (χ3n) is 6.48. The molecule has 0 bridgehead atoms. The Bertz CT molecular complexity index is 1150. The Morgan fingerprint density at radius 2 is 1.84 bits per heavy atom. The molecule has 2 aliphatic heterocycles. The molecule has 1 atom stereocenters. The third kappa shape index (κ3) is 3.80. The summed E-state index contributed by atoms with van der Waals surface area (Å²) in [6, 6.07) is 0.156. The van der Waals surface area contributed by atoms with E-state index in [0.29, 0.717) is 38.5 Å². The summed E-state index contributed by atoms with van der Waals surface area (Å²) in [5, 5.41) is 0. The van der Waals surface area contributed by atoms with Crippen molar-refractivity contribution in [2.75, 3.05) is 19.7 Å². The summed E-state index contributed by atoms with van der Waals surface area (Å²) in [6.45, 7) is 5.73. The Balaban J connectivity index is 1.44. The van der Waals surface area contributed by atoms with E-state index >= 15 is 0 Å². The van der Waals surface area contributed by atoms with Gasteiger partial charge in [-0.15, -0.1) is 0 Å². The average Bonchev–Trinajstić information content (AvgIpc) is 3.34. The zero-order valence-electron chi connectivity index (χ0n) is 19.0. The van der Waals surface area contributed by atoms with Crippen molar-refractivity contribution in [1.82, 2.24) is 28.5 Å². The Hall–Kier alpha value is -3.11. The van der Waals surface area contributed by atoms with Crippen LogP contribution in [0.2, 0.25) is 0 Å². The Morgan fingerprint density at radius 1 is 1.16 bits per heavy atom. The number of hydrogen-bond acceptors (Lipinski definition) is 6. The van der Waals surface area contributed by atoms with E-state index in [1.807, 2.05) is 4.90 Å². The maximum atomic E-state index is 13.0. The number of imidazole rings is 1. The second kappa shape index (κ2) is 8.44. The summed E-state index contributed by atoms with van der Waals surface area (Å²) in [5.74, 6) is 0.345. The second-order valence-corrected chi connectivity index (χ2v) is 9.13. The molecule has 0 N–H and O–H groups in total. The number of hydrogen-bond donors (Lipinski definition) is 0. The molecule has 2 amide bonds. The SMILES string of the molecule is CC(C)C[C@@H]1COC(=O)N1C1CCN(C(=O)Cn2cnc3c2c(=O)n(C)c(=O)n3C)CC1. The first kappa shape index (κ1) is 22.1. The van der Waals surface area contributed by atoms with Gasteiger partial charge in [0.2, 0.25) is 5.91 Å². The van der Waals surface area contributed by atoms with Crippen molar-refractivity contribution in [2.24, 2.45) is 20.0 Å². The summed E-state index contributed by atoms with van der Waals surface area (Å²) >= 11 is 0. The molecule has 2 aromatic heterocycles. The Kier molecular flexibility index (Phi) is 5.83. The van der Waals surface area contributed by atoms with Gasteiger partial charge in [-0.05, 0) is 25.2 Å². The zero-order chi connectivity index (χ0) is 23.2.